The summed E-state index contributed by atoms with van der Waals surface area (Å²) in [7, 11) is 0. The smallest absolute Gasteiger partial charge is 0.413 e. The van der Waals surface area contributed by atoms with Gasteiger partial charge >= 0.3 is 6.09 Å². The van der Waals surface area contributed by atoms with E-state index in [2.05, 4.69) is 15.4 Å². The molecule has 98 valence electrons. The van der Waals surface area contributed by atoms with Crippen molar-refractivity contribution in [3.63, 3.8) is 0 Å². The average Bonchev–Trinajstić information content (AvgIpc) is 2.28. The van der Waals surface area contributed by atoms with Gasteiger partial charge in [-0.25, -0.2) is 13.6 Å². The van der Waals surface area contributed by atoms with E-state index in [0.29, 0.717) is 0 Å². The number of ether oxygens (including phenoxy) is 1. The Bertz CT molecular complexity index is 455. The number of halogens is 2. The van der Waals surface area contributed by atoms with Crippen molar-refractivity contribution in [3.8, 4) is 0 Å². The first-order valence-corrected chi connectivity index (χ1v) is 5.59. The molecule has 0 bridgehead atoms. The molecule has 7 heteroatoms. The number of benzene rings is 1. The highest BCUT2D eigenvalue weighted by atomic mass is 32.1. The number of amides is 1. The number of alkyl carbamates (subject to hydrolysis) is 1. The molecule has 1 amide bonds. The summed E-state index contributed by atoms with van der Waals surface area (Å²) in [6.45, 7) is 1.92. The quantitative estimate of drug-likeness (QED) is 0.829. The van der Waals surface area contributed by atoms with Crippen LogP contribution in [0.1, 0.15) is 12.5 Å². The van der Waals surface area contributed by atoms with Crippen molar-refractivity contribution in [3.05, 3.63) is 35.4 Å². The molecule has 0 saturated carbocycles. The number of thiocarbonyl (C=S) groups is 1. The lowest BCUT2D eigenvalue weighted by Gasteiger charge is -2.09. The molecule has 0 aliphatic heterocycles. The number of rotatable bonds is 3. The minimum absolute atomic E-state index is 0.0113. The maximum atomic E-state index is 13.2. The fourth-order valence-electron chi connectivity index (χ4n) is 1.14. The molecule has 1 rings (SSSR count). The molecule has 1 aromatic carbocycles. The molecular weight excluding hydrogens is 262 g/mol. The largest absolute Gasteiger partial charge is 0.450 e. The van der Waals surface area contributed by atoms with Crippen LogP contribution in [0.5, 0.6) is 0 Å². The van der Waals surface area contributed by atoms with E-state index in [4.69, 9.17) is 12.2 Å². The predicted molar refractivity (Wildman–Crippen MR) is 66.0 cm³/mol. The van der Waals surface area contributed by atoms with E-state index in [9.17, 15) is 13.6 Å². The lowest BCUT2D eigenvalue weighted by atomic mass is 10.2. The van der Waals surface area contributed by atoms with Crippen molar-refractivity contribution < 1.29 is 18.3 Å². The second-order valence-electron chi connectivity index (χ2n) is 3.26. The van der Waals surface area contributed by atoms with Crippen LogP contribution in [0.15, 0.2) is 18.2 Å². The zero-order valence-corrected chi connectivity index (χ0v) is 10.4. The number of carbonyl (C=O) groups is 1. The molecule has 0 atom stereocenters. The van der Waals surface area contributed by atoms with Crippen LogP contribution >= 0.6 is 12.2 Å². The third kappa shape index (κ3) is 4.62. The van der Waals surface area contributed by atoms with Gasteiger partial charge in [0.2, 0.25) is 0 Å². The van der Waals surface area contributed by atoms with Crippen molar-refractivity contribution in [1.29, 1.82) is 0 Å². The van der Waals surface area contributed by atoms with Crippen LogP contribution < -0.4 is 10.6 Å². The summed E-state index contributed by atoms with van der Waals surface area (Å²) in [6.07, 6.45) is -0.686. The summed E-state index contributed by atoms with van der Waals surface area (Å²) in [5.41, 5.74) is 0.240. The van der Waals surface area contributed by atoms with Crippen LogP contribution in [0.4, 0.5) is 13.6 Å². The van der Waals surface area contributed by atoms with Crippen LogP contribution in [0.25, 0.3) is 0 Å². The minimum Gasteiger partial charge on any atom is -0.450 e. The van der Waals surface area contributed by atoms with Gasteiger partial charge in [-0.3, -0.25) is 5.32 Å². The second kappa shape index (κ2) is 6.85. The lowest BCUT2D eigenvalue weighted by molar-refractivity contribution is 0.157. The van der Waals surface area contributed by atoms with E-state index < -0.39 is 17.7 Å². The van der Waals surface area contributed by atoms with Crippen LogP contribution in [0.2, 0.25) is 0 Å². The molecular formula is C11H12F2N2O2S. The van der Waals surface area contributed by atoms with Gasteiger partial charge in [0, 0.05) is 18.2 Å². The number of nitrogens with one attached hydrogen (secondary N) is 2. The van der Waals surface area contributed by atoms with E-state index in [1.807, 2.05) is 0 Å². The normalized spacial score (nSPS) is 9.72. The van der Waals surface area contributed by atoms with Gasteiger partial charge in [0.25, 0.3) is 0 Å². The molecule has 18 heavy (non-hydrogen) atoms. The molecule has 0 fully saturated rings. The van der Waals surface area contributed by atoms with Crippen LogP contribution in [0, 0.1) is 11.6 Å². The van der Waals surface area contributed by atoms with Crippen molar-refractivity contribution in [2.45, 2.75) is 13.5 Å². The van der Waals surface area contributed by atoms with Gasteiger partial charge in [-0.05, 0) is 25.2 Å². The fraction of sp³-hybridized carbons (Fsp3) is 0.273. The topological polar surface area (TPSA) is 50.4 Å². The standard InChI is InChI=1S/C11H12F2N2O2S/c1-2-17-11(16)15-10(18)14-6-7-3-4-8(12)5-9(7)13/h3-5H,2,6H2,1H3,(H2,14,15,16,18). The second-order valence-corrected chi connectivity index (χ2v) is 3.67. The van der Waals surface area contributed by atoms with E-state index >= 15 is 0 Å². The molecule has 0 spiro atoms. The van der Waals surface area contributed by atoms with E-state index in [1.54, 1.807) is 6.92 Å². The number of hydrogen-bond acceptors (Lipinski definition) is 3. The third-order valence-corrected chi connectivity index (χ3v) is 2.19. The Morgan fingerprint density at radius 1 is 1.44 bits per heavy atom. The highest BCUT2D eigenvalue weighted by Crippen LogP contribution is 2.08. The first kappa shape index (κ1) is 14.3. The van der Waals surface area contributed by atoms with Crippen molar-refractivity contribution in [2.24, 2.45) is 0 Å². The Morgan fingerprint density at radius 3 is 2.78 bits per heavy atom. The van der Waals surface area contributed by atoms with Crippen LogP contribution in [-0.4, -0.2) is 17.8 Å². The van der Waals surface area contributed by atoms with Gasteiger partial charge in [-0.2, -0.15) is 0 Å². The summed E-state index contributed by atoms with van der Waals surface area (Å²) < 4.78 is 30.5. The Hall–Kier alpha value is -1.76. The Morgan fingerprint density at radius 2 is 2.17 bits per heavy atom. The highest BCUT2D eigenvalue weighted by Gasteiger charge is 2.06. The summed E-state index contributed by atoms with van der Waals surface area (Å²) in [6, 6.07) is 3.21. The van der Waals surface area contributed by atoms with E-state index in [-0.39, 0.29) is 23.8 Å². The lowest BCUT2D eigenvalue weighted by Crippen LogP contribution is -2.39. The summed E-state index contributed by atoms with van der Waals surface area (Å²) >= 11 is 4.79. The summed E-state index contributed by atoms with van der Waals surface area (Å²) in [4.78, 5) is 11.0. The molecule has 0 unspecified atom stereocenters. The Balaban J connectivity index is 2.45. The van der Waals surface area contributed by atoms with Gasteiger partial charge < -0.3 is 10.1 Å². The maximum absolute atomic E-state index is 13.2. The SMILES string of the molecule is CCOC(=O)NC(=S)NCc1ccc(F)cc1F. The Kier molecular flexibility index (Phi) is 5.44. The number of carbonyl (C=O) groups excluding carboxylic acids is 1. The highest BCUT2D eigenvalue weighted by molar-refractivity contribution is 7.80. The fourth-order valence-corrected chi connectivity index (χ4v) is 1.30. The molecule has 0 saturated heterocycles. The van der Waals surface area contributed by atoms with E-state index in [0.717, 1.165) is 12.1 Å². The van der Waals surface area contributed by atoms with Crippen molar-refractivity contribution in [1.82, 2.24) is 10.6 Å². The van der Waals surface area contributed by atoms with Gasteiger partial charge in [0.15, 0.2) is 5.11 Å². The molecule has 0 aliphatic rings. The first-order chi connectivity index (χ1) is 8.52. The molecule has 0 radical (unpaired) electrons. The zero-order chi connectivity index (χ0) is 13.5. The van der Waals surface area contributed by atoms with Gasteiger partial charge in [0.05, 0.1) is 6.61 Å². The van der Waals surface area contributed by atoms with Gasteiger partial charge in [-0.15, -0.1) is 0 Å². The predicted octanol–water partition coefficient (Wildman–Crippen LogP) is 2.09. The Labute approximate surface area is 108 Å². The van der Waals surface area contributed by atoms with E-state index in [1.165, 1.54) is 6.07 Å². The monoisotopic (exact) mass is 274 g/mol. The molecule has 4 nitrogen and oxygen atoms in total. The minimum atomic E-state index is -0.686. The molecule has 2 N–H and O–H groups in total. The maximum Gasteiger partial charge on any atom is 0.413 e. The molecule has 0 heterocycles. The third-order valence-electron chi connectivity index (χ3n) is 1.95. The first-order valence-electron chi connectivity index (χ1n) is 5.18. The van der Waals surface area contributed by atoms with Gasteiger partial charge in [-0.1, -0.05) is 6.07 Å². The van der Waals surface area contributed by atoms with Crippen molar-refractivity contribution >= 4 is 23.4 Å². The van der Waals surface area contributed by atoms with Crippen LogP contribution in [-0.2, 0) is 11.3 Å². The molecule has 1 aromatic rings. The summed E-state index contributed by atoms with van der Waals surface area (Å²) in [5, 5.41) is 4.86. The van der Waals surface area contributed by atoms with Crippen LogP contribution in [0.3, 0.4) is 0 Å². The zero-order valence-electron chi connectivity index (χ0n) is 9.63. The van der Waals surface area contributed by atoms with Gasteiger partial charge in [0.1, 0.15) is 11.6 Å². The average molecular weight is 274 g/mol. The molecule has 0 aromatic heterocycles. The summed E-state index contributed by atoms with van der Waals surface area (Å²) in [5.74, 6) is -1.33. The van der Waals surface area contributed by atoms with Crippen molar-refractivity contribution in [2.75, 3.05) is 6.61 Å². The number of hydrogen-bond donors (Lipinski definition) is 2. The molecule has 0 aliphatic carbocycles.